The molecule has 0 bridgehead atoms. The summed E-state index contributed by atoms with van der Waals surface area (Å²) < 4.78 is 0. The second-order valence-electron chi connectivity index (χ2n) is 7.86. The lowest BCUT2D eigenvalue weighted by Gasteiger charge is -2.39. The largest absolute Gasteiger partial charge is 0.481 e. The fourth-order valence-electron chi connectivity index (χ4n) is 4.05. The van der Waals surface area contributed by atoms with Crippen LogP contribution in [0.2, 0.25) is 5.02 Å². The van der Waals surface area contributed by atoms with Gasteiger partial charge in [0.2, 0.25) is 11.8 Å². The number of anilines is 1. The lowest BCUT2D eigenvalue weighted by molar-refractivity contribution is -0.137. The van der Waals surface area contributed by atoms with Gasteiger partial charge in [-0.3, -0.25) is 19.2 Å². The highest BCUT2D eigenvalue weighted by molar-refractivity contribution is 6.30. The smallest absolute Gasteiger partial charge is 0.303 e. The van der Waals surface area contributed by atoms with E-state index in [-0.39, 0.29) is 50.1 Å². The Hall–Kier alpha value is -3.39. The van der Waals surface area contributed by atoms with Crippen molar-refractivity contribution in [1.82, 2.24) is 9.80 Å². The van der Waals surface area contributed by atoms with Crippen LogP contribution in [0.4, 0.5) is 5.69 Å². The van der Waals surface area contributed by atoms with Gasteiger partial charge in [-0.25, -0.2) is 0 Å². The van der Waals surface area contributed by atoms with E-state index in [1.165, 1.54) is 9.80 Å². The van der Waals surface area contributed by atoms with E-state index in [0.29, 0.717) is 22.8 Å². The summed E-state index contributed by atoms with van der Waals surface area (Å²) in [6.45, 7) is 0.612. The van der Waals surface area contributed by atoms with E-state index in [1.807, 2.05) is 18.2 Å². The van der Waals surface area contributed by atoms with Gasteiger partial charge in [0.05, 0.1) is 17.8 Å². The van der Waals surface area contributed by atoms with E-state index in [2.05, 4.69) is 5.32 Å². The van der Waals surface area contributed by atoms with E-state index < -0.39 is 12.0 Å². The Kier molecular flexibility index (Phi) is 6.14. The van der Waals surface area contributed by atoms with Gasteiger partial charge in [0.1, 0.15) is 6.04 Å². The van der Waals surface area contributed by atoms with Crippen LogP contribution in [0, 0.1) is 0 Å². The van der Waals surface area contributed by atoms with Crippen LogP contribution >= 0.6 is 11.6 Å². The standard InChI is InChI=1S/C23H22ClN3O5/c24-16-7-4-14(5-8-16)15-6-9-18-17(12-15)23(32)27-11-10-26(13-19(27)22(31)25-18)20(28)2-1-3-21(29)30/h4-9,12,19H,1-3,10-11,13H2,(H,25,31)(H,29,30)/t19-/m0/s1. The molecule has 4 rings (SSSR count). The molecular formula is C23H22ClN3O5. The highest BCUT2D eigenvalue weighted by atomic mass is 35.5. The second kappa shape index (κ2) is 9.00. The first-order valence-electron chi connectivity index (χ1n) is 10.3. The molecule has 166 valence electrons. The van der Waals surface area contributed by atoms with Crippen LogP contribution < -0.4 is 5.32 Å². The number of rotatable bonds is 5. The third kappa shape index (κ3) is 4.45. The summed E-state index contributed by atoms with van der Waals surface area (Å²) >= 11 is 5.97. The molecule has 2 N–H and O–H groups in total. The SMILES string of the molecule is O=C(O)CCCC(=O)N1CCN2C(=O)c3cc(-c4ccc(Cl)cc4)ccc3NC(=O)[C@@H]2C1. The molecule has 0 saturated carbocycles. The molecule has 32 heavy (non-hydrogen) atoms. The first kappa shape index (κ1) is 21.8. The Morgan fingerprint density at radius 1 is 1.03 bits per heavy atom. The van der Waals surface area contributed by atoms with Crippen molar-refractivity contribution in [2.75, 3.05) is 25.0 Å². The molecule has 2 aromatic rings. The summed E-state index contributed by atoms with van der Waals surface area (Å²) in [4.78, 5) is 52.4. The molecule has 0 unspecified atom stereocenters. The molecule has 0 aromatic heterocycles. The number of carboxylic acid groups (broad SMARTS) is 1. The summed E-state index contributed by atoms with van der Waals surface area (Å²) in [7, 11) is 0. The topological polar surface area (TPSA) is 107 Å². The summed E-state index contributed by atoms with van der Waals surface area (Å²) in [5.41, 5.74) is 2.56. The van der Waals surface area contributed by atoms with E-state index >= 15 is 0 Å². The molecule has 9 heteroatoms. The average Bonchev–Trinajstić information content (AvgIpc) is 2.88. The molecule has 8 nitrogen and oxygen atoms in total. The van der Waals surface area contributed by atoms with Crippen molar-refractivity contribution in [2.45, 2.75) is 25.3 Å². The van der Waals surface area contributed by atoms with Crippen LogP contribution in [0.5, 0.6) is 0 Å². The van der Waals surface area contributed by atoms with Gasteiger partial charge in [0.15, 0.2) is 0 Å². The van der Waals surface area contributed by atoms with Gasteiger partial charge in [-0.05, 0) is 41.8 Å². The van der Waals surface area contributed by atoms with E-state index in [1.54, 1.807) is 24.3 Å². The lowest BCUT2D eigenvalue weighted by Crippen LogP contribution is -2.59. The highest BCUT2D eigenvalue weighted by Gasteiger charge is 2.40. The quantitative estimate of drug-likeness (QED) is 0.720. The zero-order chi connectivity index (χ0) is 22.8. The minimum atomic E-state index is -0.952. The number of nitrogens with one attached hydrogen (secondary N) is 1. The number of carboxylic acids is 1. The number of carbonyl (C=O) groups is 4. The predicted molar refractivity (Wildman–Crippen MR) is 118 cm³/mol. The number of fused-ring (bicyclic) bond motifs is 2. The maximum Gasteiger partial charge on any atom is 0.303 e. The molecule has 1 fully saturated rings. The molecule has 3 amide bonds. The number of piperazine rings is 1. The number of halogens is 1. The third-order valence-corrected chi connectivity index (χ3v) is 6.02. The number of hydrogen-bond donors (Lipinski definition) is 2. The molecular weight excluding hydrogens is 434 g/mol. The number of carbonyl (C=O) groups excluding carboxylic acids is 3. The molecule has 2 aromatic carbocycles. The molecule has 1 atom stereocenters. The van der Waals surface area contributed by atoms with Crippen LogP contribution in [0.3, 0.4) is 0 Å². The Balaban J connectivity index is 1.54. The molecule has 0 spiro atoms. The maximum absolute atomic E-state index is 13.3. The monoisotopic (exact) mass is 455 g/mol. The number of benzene rings is 2. The summed E-state index contributed by atoms with van der Waals surface area (Å²) in [6, 6.07) is 11.8. The lowest BCUT2D eigenvalue weighted by atomic mass is 10.0. The van der Waals surface area contributed by atoms with E-state index in [4.69, 9.17) is 16.7 Å². The van der Waals surface area contributed by atoms with Crippen molar-refractivity contribution in [2.24, 2.45) is 0 Å². The summed E-state index contributed by atoms with van der Waals surface area (Å²) in [5, 5.41) is 12.2. The first-order valence-corrected chi connectivity index (χ1v) is 10.7. The Morgan fingerprint density at radius 3 is 2.47 bits per heavy atom. The molecule has 2 aliphatic rings. The van der Waals surface area contributed by atoms with Crippen molar-refractivity contribution in [3.63, 3.8) is 0 Å². The third-order valence-electron chi connectivity index (χ3n) is 5.76. The van der Waals surface area contributed by atoms with Crippen molar-refractivity contribution < 1.29 is 24.3 Å². The fraction of sp³-hybridized carbons (Fsp3) is 0.304. The van der Waals surface area contributed by atoms with Crippen molar-refractivity contribution >= 4 is 41.0 Å². The van der Waals surface area contributed by atoms with E-state index in [0.717, 1.165) is 11.1 Å². The van der Waals surface area contributed by atoms with Crippen LogP contribution in [-0.2, 0) is 14.4 Å². The van der Waals surface area contributed by atoms with Gasteiger partial charge in [0, 0.05) is 31.0 Å². The number of amides is 3. The average molecular weight is 456 g/mol. The van der Waals surface area contributed by atoms with Crippen LogP contribution in [0.25, 0.3) is 11.1 Å². The van der Waals surface area contributed by atoms with Crippen LogP contribution in [0.1, 0.15) is 29.6 Å². The Morgan fingerprint density at radius 2 is 1.75 bits per heavy atom. The van der Waals surface area contributed by atoms with Gasteiger partial charge in [-0.15, -0.1) is 0 Å². The van der Waals surface area contributed by atoms with Gasteiger partial charge in [-0.1, -0.05) is 29.8 Å². The number of hydrogen-bond acceptors (Lipinski definition) is 4. The minimum absolute atomic E-state index is 0.0840. The zero-order valence-electron chi connectivity index (χ0n) is 17.2. The summed E-state index contributed by atoms with van der Waals surface area (Å²) in [6.07, 6.45) is 0.252. The Bertz CT molecular complexity index is 1090. The normalized spacial score (nSPS) is 17.8. The first-order chi connectivity index (χ1) is 15.3. The molecule has 1 saturated heterocycles. The van der Waals surface area contributed by atoms with Crippen LogP contribution in [0.15, 0.2) is 42.5 Å². The summed E-state index contributed by atoms with van der Waals surface area (Å²) in [5.74, 6) is -1.78. The molecule has 0 radical (unpaired) electrons. The zero-order valence-corrected chi connectivity index (χ0v) is 18.0. The number of nitrogens with zero attached hydrogens (tertiary/aromatic N) is 2. The van der Waals surface area contributed by atoms with Gasteiger partial charge in [0.25, 0.3) is 5.91 Å². The Labute approximate surface area is 189 Å². The van der Waals surface area contributed by atoms with E-state index in [9.17, 15) is 19.2 Å². The van der Waals surface area contributed by atoms with Crippen molar-refractivity contribution in [3.05, 3.63) is 53.1 Å². The van der Waals surface area contributed by atoms with Gasteiger partial charge >= 0.3 is 5.97 Å². The van der Waals surface area contributed by atoms with Gasteiger partial charge < -0.3 is 20.2 Å². The molecule has 2 heterocycles. The number of aliphatic carboxylic acids is 1. The minimum Gasteiger partial charge on any atom is -0.481 e. The second-order valence-corrected chi connectivity index (χ2v) is 8.29. The van der Waals surface area contributed by atoms with Crippen molar-refractivity contribution in [1.29, 1.82) is 0 Å². The van der Waals surface area contributed by atoms with Gasteiger partial charge in [-0.2, -0.15) is 0 Å². The van der Waals surface area contributed by atoms with Crippen molar-refractivity contribution in [3.8, 4) is 11.1 Å². The molecule has 2 aliphatic heterocycles. The highest BCUT2D eigenvalue weighted by Crippen LogP contribution is 2.30. The maximum atomic E-state index is 13.3. The predicted octanol–water partition coefficient (Wildman–Crippen LogP) is 2.87. The fourth-order valence-corrected chi connectivity index (χ4v) is 4.17. The molecule has 0 aliphatic carbocycles. The van der Waals surface area contributed by atoms with Crippen LogP contribution in [-0.4, -0.2) is 64.3 Å².